The smallest absolute Gasteiger partial charge is 0.338 e. The molecule has 0 bridgehead atoms. The van der Waals surface area contributed by atoms with E-state index >= 15 is 0 Å². The SMILES string of the molecule is CCOC(=O)C1=C(C)N=C2SC=C(CC(=O)NC3CCN(C)CC3)N2C1c1ccccc1F. The fourth-order valence-corrected chi connectivity index (χ4v) is 5.39. The summed E-state index contributed by atoms with van der Waals surface area (Å²) in [5.41, 5.74) is 1.81. The predicted molar refractivity (Wildman–Crippen MR) is 127 cm³/mol. The molecule has 33 heavy (non-hydrogen) atoms. The summed E-state index contributed by atoms with van der Waals surface area (Å²) in [5.74, 6) is -1.04. The molecule has 1 fully saturated rings. The van der Waals surface area contributed by atoms with Gasteiger partial charge < -0.3 is 19.9 Å². The summed E-state index contributed by atoms with van der Waals surface area (Å²) in [6, 6.07) is 5.78. The van der Waals surface area contributed by atoms with Gasteiger partial charge in [-0.3, -0.25) is 4.79 Å². The number of rotatable bonds is 6. The van der Waals surface area contributed by atoms with E-state index in [1.165, 1.54) is 17.8 Å². The molecular formula is C24H29FN4O3S. The lowest BCUT2D eigenvalue weighted by atomic mass is 9.93. The molecule has 3 aliphatic heterocycles. The predicted octanol–water partition coefficient (Wildman–Crippen LogP) is 3.56. The molecule has 1 aromatic carbocycles. The number of benzene rings is 1. The molecule has 0 spiro atoms. The second kappa shape index (κ2) is 10.1. The summed E-state index contributed by atoms with van der Waals surface area (Å²) in [6.45, 7) is 5.57. The number of piperidine rings is 1. The van der Waals surface area contributed by atoms with Crippen LogP contribution in [0.25, 0.3) is 0 Å². The number of carbonyl (C=O) groups is 2. The highest BCUT2D eigenvalue weighted by molar-refractivity contribution is 8.16. The van der Waals surface area contributed by atoms with Crippen molar-refractivity contribution in [2.45, 2.75) is 45.2 Å². The fourth-order valence-electron chi connectivity index (χ4n) is 4.43. The van der Waals surface area contributed by atoms with E-state index in [1.807, 2.05) is 5.41 Å². The van der Waals surface area contributed by atoms with Gasteiger partial charge in [0.2, 0.25) is 5.91 Å². The minimum atomic E-state index is -0.755. The van der Waals surface area contributed by atoms with Gasteiger partial charge in [-0.15, -0.1) is 0 Å². The number of halogens is 1. The van der Waals surface area contributed by atoms with Gasteiger partial charge in [-0.05, 0) is 58.3 Å². The number of ether oxygens (including phenoxy) is 1. The first-order chi connectivity index (χ1) is 15.9. The lowest BCUT2D eigenvalue weighted by Gasteiger charge is -2.36. The summed E-state index contributed by atoms with van der Waals surface area (Å²) in [6.07, 6.45) is 1.96. The monoisotopic (exact) mass is 472 g/mol. The summed E-state index contributed by atoms with van der Waals surface area (Å²) < 4.78 is 20.3. The number of carbonyl (C=O) groups excluding carboxylic acids is 2. The Kier molecular flexibility index (Phi) is 7.19. The van der Waals surface area contributed by atoms with Crippen molar-refractivity contribution >= 4 is 28.8 Å². The van der Waals surface area contributed by atoms with Crippen molar-refractivity contribution in [2.24, 2.45) is 4.99 Å². The fraction of sp³-hybridized carbons (Fsp3) is 0.458. The molecule has 7 nitrogen and oxygen atoms in total. The highest BCUT2D eigenvalue weighted by atomic mass is 32.2. The third kappa shape index (κ3) is 4.99. The van der Waals surface area contributed by atoms with Crippen molar-refractivity contribution < 1.29 is 18.7 Å². The Balaban J connectivity index is 1.61. The average Bonchev–Trinajstić information content (AvgIpc) is 3.17. The van der Waals surface area contributed by atoms with E-state index in [0.29, 0.717) is 22.1 Å². The van der Waals surface area contributed by atoms with E-state index < -0.39 is 17.8 Å². The van der Waals surface area contributed by atoms with Crippen LogP contribution in [0.15, 0.2) is 51.6 Å². The molecule has 0 aliphatic carbocycles. The Labute approximate surface area is 197 Å². The zero-order valence-electron chi connectivity index (χ0n) is 19.1. The molecule has 1 saturated heterocycles. The largest absolute Gasteiger partial charge is 0.463 e. The van der Waals surface area contributed by atoms with Gasteiger partial charge in [0.15, 0.2) is 5.17 Å². The van der Waals surface area contributed by atoms with Crippen molar-refractivity contribution in [3.8, 4) is 0 Å². The van der Waals surface area contributed by atoms with E-state index in [1.54, 1.807) is 36.9 Å². The van der Waals surface area contributed by atoms with Crippen molar-refractivity contribution in [3.63, 3.8) is 0 Å². The number of hydrogen-bond acceptors (Lipinski definition) is 7. The quantitative estimate of drug-likeness (QED) is 0.638. The third-order valence-electron chi connectivity index (χ3n) is 6.12. The number of thioether (sulfide) groups is 1. The van der Waals surface area contributed by atoms with Gasteiger partial charge in [-0.1, -0.05) is 30.0 Å². The van der Waals surface area contributed by atoms with Crippen molar-refractivity contribution in [1.29, 1.82) is 0 Å². The molecule has 1 atom stereocenters. The summed E-state index contributed by atoms with van der Waals surface area (Å²) >= 11 is 1.38. The second-order valence-electron chi connectivity index (χ2n) is 8.46. The zero-order valence-corrected chi connectivity index (χ0v) is 20.0. The summed E-state index contributed by atoms with van der Waals surface area (Å²) in [7, 11) is 2.08. The molecule has 0 radical (unpaired) electrons. The van der Waals surface area contributed by atoms with E-state index in [4.69, 9.17) is 4.74 Å². The molecular weight excluding hydrogens is 443 g/mol. The number of aliphatic imine (C=N–C) groups is 1. The normalized spacial score (nSPS) is 21.5. The number of allylic oxidation sites excluding steroid dienone is 1. The first kappa shape index (κ1) is 23.5. The maximum absolute atomic E-state index is 15.0. The van der Waals surface area contributed by atoms with Crippen molar-refractivity contribution in [1.82, 2.24) is 15.1 Å². The third-order valence-corrected chi connectivity index (χ3v) is 7.01. The molecule has 3 heterocycles. The number of likely N-dealkylation sites (tertiary alicyclic amines) is 1. The number of nitrogens with zero attached hydrogens (tertiary/aromatic N) is 3. The Bertz CT molecular complexity index is 1030. The summed E-state index contributed by atoms with van der Waals surface area (Å²) in [4.78, 5) is 34.4. The van der Waals surface area contributed by atoms with E-state index in [0.717, 1.165) is 25.9 Å². The number of fused-ring (bicyclic) bond motifs is 1. The molecule has 1 unspecified atom stereocenters. The van der Waals surface area contributed by atoms with Crippen LogP contribution in [0, 0.1) is 5.82 Å². The topological polar surface area (TPSA) is 74.2 Å². The van der Waals surface area contributed by atoms with Crippen molar-refractivity contribution in [2.75, 3.05) is 26.7 Å². The molecule has 9 heteroatoms. The van der Waals surface area contributed by atoms with Crippen LogP contribution in [0.2, 0.25) is 0 Å². The first-order valence-corrected chi connectivity index (χ1v) is 12.1. The number of nitrogens with one attached hydrogen (secondary N) is 1. The molecule has 1 N–H and O–H groups in total. The molecule has 1 amide bonds. The molecule has 176 valence electrons. The minimum Gasteiger partial charge on any atom is -0.463 e. The molecule has 0 aromatic heterocycles. The lowest BCUT2D eigenvalue weighted by molar-refractivity contribution is -0.139. The highest BCUT2D eigenvalue weighted by Crippen LogP contribution is 2.45. The van der Waals surface area contributed by atoms with Gasteiger partial charge in [0.05, 0.1) is 30.3 Å². The van der Waals surface area contributed by atoms with Crippen molar-refractivity contribution in [3.05, 3.63) is 58.0 Å². The molecule has 0 saturated carbocycles. The van der Waals surface area contributed by atoms with Gasteiger partial charge in [0.1, 0.15) is 5.82 Å². The van der Waals surface area contributed by atoms with E-state index in [9.17, 15) is 14.0 Å². The van der Waals surface area contributed by atoms with Gasteiger partial charge in [-0.25, -0.2) is 14.2 Å². The molecule has 1 aromatic rings. The van der Waals surface area contributed by atoms with Crippen LogP contribution in [0.1, 0.15) is 44.7 Å². The van der Waals surface area contributed by atoms with E-state index in [-0.39, 0.29) is 30.5 Å². The van der Waals surface area contributed by atoms with Gasteiger partial charge in [0, 0.05) is 17.3 Å². The second-order valence-corrected chi connectivity index (χ2v) is 9.29. The van der Waals surface area contributed by atoms with E-state index in [2.05, 4.69) is 22.3 Å². The number of amidine groups is 1. The Morgan fingerprint density at radius 1 is 1.27 bits per heavy atom. The van der Waals surface area contributed by atoms with Crippen LogP contribution in [0.5, 0.6) is 0 Å². The van der Waals surface area contributed by atoms with Gasteiger partial charge in [0.25, 0.3) is 0 Å². The Morgan fingerprint density at radius 2 is 2.00 bits per heavy atom. The lowest BCUT2D eigenvalue weighted by Crippen LogP contribution is -2.44. The summed E-state index contributed by atoms with van der Waals surface area (Å²) in [5, 5.41) is 5.62. The number of hydrogen-bond donors (Lipinski definition) is 1. The van der Waals surface area contributed by atoms with Gasteiger partial charge >= 0.3 is 5.97 Å². The standard InChI is InChI=1S/C24H29FN4O3S/c1-4-32-23(31)21-15(2)26-24-29(22(21)18-7-5-6-8-19(18)25)17(14-33-24)13-20(30)27-16-9-11-28(3)12-10-16/h5-8,14,16,22H,4,9-13H2,1-3H3,(H,27,30). The Morgan fingerprint density at radius 3 is 2.70 bits per heavy atom. The van der Waals surface area contributed by atoms with Crippen LogP contribution in [0.3, 0.4) is 0 Å². The first-order valence-electron chi connectivity index (χ1n) is 11.2. The molecule has 4 rings (SSSR count). The molecule has 3 aliphatic rings. The zero-order chi connectivity index (χ0) is 23.5. The highest BCUT2D eigenvalue weighted by Gasteiger charge is 2.42. The van der Waals surface area contributed by atoms with Crippen LogP contribution in [0.4, 0.5) is 4.39 Å². The average molecular weight is 473 g/mol. The maximum atomic E-state index is 15.0. The number of esters is 1. The Hall–Kier alpha value is -2.65. The minimum absolute atomic E-state index is 0.0890. The van der Waals surface area contributed by atoms with Gasteiger partial charge in [-0.2, -0.15) is 0 Å². The maximum Gasteiger partial charge on any atom is 0.338 e. The van der Waals surface area contributed by atoms with Crippen LogP contribution in [-0.2, 0) is 14.3 Å². The number of amides is 1. The van der Waals surface area contributed by atoms with Crippen LogP contribution < -0.4 is 5.32 Å². The van der Waals surface area contributed by atoms with Crippen LogP contribution in [-0.4, -0.2) is 59.6 Å². The van der Waals surface area contributed by atoms with Crippen LogP contribution >= 0.6 is 11.8 Å².